The highest BCUT2D eigenvalue weighted by Crippen LogP contribution is 2.27. The van der Waals surface area contributed by atoms with E-state index in [4.69, 9.17) is 22.9 Å². The first-order valence-electron chi connectivity index (χ1n) is 9.39. The third-order valence-corrected chi connectivity index (χ3v) is 4.94. The molecule has 0 spiro atoms. The number of benzene rings is 1. The predicted octanol–water partition coefficient (Wildman–Crippen LogP) is 0.402. The zero-order valence-electron chi connectivity index (χ0n) is 15.6. The van der Waals surface area contributed by atoms with E-state index < -0.39 is 18.0 Å². The molecule has 148 valence electrons. The Kier molecular flexibility index (Phi) is 7.60. The SMILES string of the molecule is NC(=O)[C@H](CC1CCCCC1)NC(=O)[C@@H](N)Cc1ccc(N=C(N)N)cc1. The number of rotatable bonds is 8. The highest BCUT2D eigenvalue weighted by atomic mass is 16.2. The lowest BCUT2D eigenvalue weighted by Gasteiger charge is -2.26. The average Bonchev–Trinajstić information content (AvgIpc) is 2.63. The molecule has 1 aliphatic carbocycles. The second-order valence-corrected chi connectivity index (χ2v) is 7.22. The summed E-state index contributed by atoms with van der Waals surface area (Å²) in [7, 11) is 0. The zero-order valence-corrected chi connectivity index (χ0v) is 15.6. The molecule has 2 amide bonds. The summed E-state index contributed by atoms with van der Waals surface area (Å²) in [6.07, 6.45) is 6.64. The Morgan fingerprint density at radius 3 is 2.26 bits per heavy atom. The smallest absolute Gasteiger partial charge is 0.240 e. The van der Waals surface area contributed by atoms with Gasteiger partial charge in [-0.25, -0.2) is 4.99 Å². The zero-order chi connectivity index (χ0) is 19.8. The first-order chi connectivity index (χ1) is 12.8. The van der Waals surface area contributed by atoms with Crippen molar-refractivity contribution in [3.63, 3.8) is 0 Å². The Hall–Kier alpha value is -2.61. The van der Waals surface area contributed by atoms with E-state index in [9.17, 15) is 9.59 Å². The molecule has 0 aromatic heterocycles. The maximum absolute atomic E-state index is 12.4. The number of nitrogens with zero attached hydrogens (tertiary/aromatic N) is 1. The lowest BCUT2D eigenvalue weighted by molar-refractivity contribution is -0.128. The van der Waals surface area contributed by atoms with Crippen LogP contribution in [0.25, 0.3) is 0 Å². The fraction of sp³-hybridized carbons (Fsp3) is 0.526. The van der Waals surface area contributed by atoms with Crippen LogP contribution in [-0.2, 0) is 16.0 Å². The molecular weight excluding hydrogens is 344 g/mol. The molecule has 1 fully saturated rings. The van der Waals surface area contributed by atoms with Gasteiger partial charge in [-0.3, -0.25) is 9.59 Å². The normalized spacial score (nSPS) is 16.9. The molecule has 2 rings (SSSR count). The van der Waals surface area contributed by atoms with Gasteiger partial charge in [0.15, 0.2) is 5.96 Å². The van der Waals surface area contributed by atoms with Gasteiger partial charge in [0.05, 0.1) is 11.7 Å². The number of carbonyl (C=O) groups excluding carboxylic acids is 2. The molecule has 0 radical (unpaired) electrons. The summed E-state index contributed by atoms with van der Waals surface area (Å²) in [6, 6.07) is 5.66. The molecule has 8 nitrogen and oxygen atoms in total. The van der Waals surface area contributed by atoms with Crippen molar-refractivity contribution in [2.24, 2.45) is 33.8 Å². The van der Waals surface area contributed by atoms with Crippen molar-refractivity contribution in [3.05, 3.63) is 29.8 Å². The molecule has 27 heavy (non-hydrogen) atoms. The highest BCUT2D eigenvalue weighted by Gasteiger charge is 2.26. The fourth-order valence-corrected chi connectivity index (χ4v) is 3.48. The van der Waals surface area contributed by atoms with E-state index in [2.05, 4.69) is 10.3 Å². The minimum atomic E-state index is -0.771. The van der Waals surface area contributed by atoms with Gasteiger partial charge in [-0.1, -0.05) is 44.2 Å². The number of amides is 2. The van der Waals surface area contributed by atoms with E-state index in [0.29, 0.717) is 24.4 Å². The Bertz CT molecular complexity index is 663. The lowest BCUT2D eigenvalue weighted by Crippen LogP contribution is -2.51. The molecule has 0 aliphatic heterocycles. The molecule has 1 saturated carbocycles. The quantitative estimate of drug-likeness (QED) is 0.328. The number of hydrogen-bond donors (Lipinski definition) is 5. The van der Waals surface area contributed by atoms with Crippen LogP contribution in [0.15, 0.2) is 29.3 Å². The summed E-state index contributed by atoms with van der Waals surface area (Å²) in [4.78, 5) is 28.1. The van der Waals surface area contributed by atoms with Gasteiger partial charge in [0, 0.05) is 0 Å². The van der Waals surface area contributed by atoms with Crippen LogP contribution in [0, 0.1) is 5.92 Å². The van der Waals surface area contributed by atoms with Crippen molar-refractivity contribution in [2.75, 3.05) is 0 Å². The number of hydrogen-bond acceptors (Lipinski definition) is 4. The van der Waals surface area contributed by atoms with Crippen molar-refractivity contribution < 1.29 is 9.59 Å². The fourth-order valence-electron chi connectivity index (χ4n) is 3.48. The largest absolute Gasteiger partial charge is 0.370 e. The van der Waals surface area contributed by atoms with Crippen LogP contribution in [0.2, 0.25) is 0 Å². The standard InChI is InChI=1S/C19H30N6O2/c20-15(10-13-6-8-14(9-7-13)24-19(22)23)18(27)25-16(17(21)26)11-12-4-2-1-3-5-12/h6-9,12,15-16H,1-5,10-11,20H2,(H2,21,26)(H,25,27)(H4,22,23,24)/t15-,16-/m0/s1. The average molecular weight is 374 g/mol. The van der Waals surface area contributed by atoms with Gasteiger partial charge in [-0.05, 0) is 36.5 Å². The Morgan fingerprint density at radius 2 is 1.70 bits per heavy atom. The number of carbonyl (C=O) groups is 2. The number of nitrogens with one attached hydrogen (secondary N) is 1. The van der Waals surface area contributed by atoms with Gasteiger partial charge in [0.25, 0.3) is 0 Å². The first kappa shape index (κ1) is 20.7. The second kappa shape index (κ2) is 9.91. The van der Waals surface area contributed by atoms with Gasteiger partial charge >= 0.3 is 0 Å². The van der Waals surface area contributed by atoms with E-state index in [1.807, 2.05) is 12.1 Å². The molecular formula is C19H30N6O2. The van der Waals surface area contributed by atoms with E-state index in [0.717, 1.165) is 18.4 Å². The molecule has 9 N–H and O–H groups in total. The molecule has 0 bridgehead atoms. The van der Waals surface area contributed by atoms with Gasteiger partial charge in [-0.2, -0.15) is 0 Å². The summed E-state index contributed by atoms with van der Waals surface area (Å²) in [5.41, 5.74) is 23.7. The van der Waals surface area contributed by atoms with Gasteiger partial charge in [0.2, 0.25) is 11.8 Å². The monoisotopic (exact) mass is 374 g/mol. The molecule has 1 aromatic rings. The molecule has 1 aromatic carbocycles. The Morgan fingerprint density at radius 1 is 1.07 bits per heavy atom. The van der Waals surface area contributed by atoms with Crippen LogP contribution in [0.1, 0.15) is 44.1 Å². The summed E-state index contributed by atoms with van der Waals surface area (Å²) in [6.45, 7) is 0. The van der Waals surface area contributed by atoms with Crippen LogP contribution in [0.5, 0.6) is 0 Å². The van der Waals surface area contributed by atoms with Crippen LogP contribution < -0.4 is 28.3 Å². The van der Waals surface area contributed by atoms with Crippen molar-refractivity contribution in [1.82, 2.24) is 5.32 Å². The maximum atomic E-state index is 12.4. The van der Waals surface area contributed by atoms with Crippen LogP contribution in [0.4, 0.5) is 5.69 Å². The van der Waals surface area contributed by atoms with Crippen molar-refractivity contribution in [2.45, 2.75) is 57.0 Å². The predicted molar refractivity (Wildman–Crippen MR) is 106 cm³/mol. The van der Waals surface area contributed by atoms with Crippen molar-refractivity contribution in [1.29, 1.82) is 0 Å². The van der Waals surface area contributed by atoms with Gasteiger partial charge in [-0.15, -0.1) is 0 Å². The number of aliphatic imine (C=N–C) groups is 1. The van der Waals surface area contributed by atoms with Crippen LogP contribution in [0.3, 0.4) is 0 Å². The van der Waals surface area contributed by atoms with Gasteiger partial charge < -0.3 is 28.3 Å². The number of guanidine groups is 1. The third-order valence-electron chi connectivity index (χ3n) is 4.94. The van der Waals surface area contributed by atoms with Gasteiger partial charge in [0.1, 0.15) is 6.04 Å². The van der Waals surface area contributed by atoms with E-state index in [-0.39, 0.29) is 11.9 Å². The molecule has 8 heteroatoms. The lowest BCUT2D eigenvalue weighted by atomic mass is 9.84. The Balaban J connectivity index is 1.90. The molecule has 0 saturated heterocycles. The number of nitrogens with two attached hydrogens (primary N) is 4. The summed E-state index contributed by atoms with van der Waals surface area (Å²) >= 11 is 0. The molecule has 0 heterocycles. The summed E-state index contributed by atoms with van der Waals surface area (Å²) in [5, 5.41) is 2.73. The van der Waals surface area contributed by atoms with E-state index in [1.165, 1.54) is 19.3 Å². The third kappa shape index (κ3) is 6.90. The van der Waals surface area contributed by atoms with E-state index in [1.54, 1.807) is 12.1 Å². The Labute approximate surface area is 159 Å². The summed E-state index contributed by atoms with van der Waals surface area (Å²) in [5.74, 6) is -0.476. The first-order valence-corrected chi connectivity index (χ1v) is 9.39. The topological polar surface area (TPSA) is 163 Å². The maximum Gasteiger partial charge on any atom is 0.240 e. The molecule has 2 atom stereocenters. The molecule has 0 unspecified atom stereocenters. The molecule has 1 aliphatic rings. The van der Waals surface area contributed by atoms with Crippen molar-refractivity contribution >= 4 is 23.5 Å². The van der Waals surface area contributed by atoms with Crippen LogP contribution in [-0.4, -0.2) is 29.9 Å². The van der Waals surface area contributed by atoms with Crippen molar-refractivity contribution in [3.8, 4) is 0 Å². The number of primary amides is 1. The second-order valence-electron chi connectivity index (χ2n) is 7.22. The van der Waals surface area contributed by atoms with E-state index >= 15 is 0 Å². The van der Waals surface area contributed by atoms with Crippen LogP contribution >= 0.6 is 0 Å². The highest BCUT2D eigenvalue weighted by molar-refractivity contribution is 5.89. The minimum absolute atomic E-state index is 0.0192. The minimum Gasteiger partial charge on any atom is -0.370 e. The summed E-state index contributed by atoms with van der Waals surface area (Å²) < 4.78 is 0.